The molecule has 0 aliphatic carbocycles. The highest BCUT2D eigenvalue weighted by atomic mass is 35.5. The van der Waals surface area contributed by atoms with Crippen molar-refractivity contribution in [1.82, 2.24) is 9.97 Å². The molecule has 0 saturated heterocycles. The van der Waals surface area contributed by atoms with E-state index in [4.69, 9.17) is 11.6 Å². The SMILES string of the molecule is CC(C)CCNc1nc(Cl)nc2scc(-c3ccc(F)cc3)c12. The molecule has 0 aliphatic rings. The molecule has 23 heavy (non-hydrogen) atoms. The summed E-state index contributed by atoms with van der Waals surface area (Å²) < 4.78 is 13.2. The topological polar surface area (TPSA) is 37.8 Å². The molecule has 3 aromatic rings. The number of fused-ring (bicyclic) bond motifs is 1. The molecule has 0 unspecified atom stereocenters. The van der Waals surface area contributed by atoms with Crippen molar-refractivity contribution < 1.29 is 4.39 Å². The summed E-state index contributed by atoms with van der Waals surface area (Å²) in [6, 6.07) is 6.45. The van der Waals surface area contributed by atoms with E-state index in [1.807, 2.05) is 5.38 Å². The number of halogens is 2. The molecule has 0 saturated carbocycles. The number of anilines is 1. The third kappa shape index (κ3) is 3.62. The number of thiophene rings is 1. The summed E-state index contributed by atoms with van der Waals surface area (Å²) in [5.41, 5.74) is 1.93. The number of aromatic nitrogens is 2. The summed E-state index contributed by atoms with van der Waals surface area (Å²) in [7, 11) is 0. The molecule has 3 rings (SSSR count). The lowest BCUT2D eigenvalue weighted by molar-refractivity contribution is 0.607. The third-order valence-corrected chi connectivity index (χ3v) is 4.62. The van der Waals surface area contributed by atoms with Crippen LogP contribution in [0.4, 0.5) is 10.2 Å². The van der Waals surface area contributed by atoms with Gasteiger partial charge in [-0.05, 0) is 41.6 Å². The van der Waals surface area contributed by atoms with Crippen molar-refractivity contribution in [1.29, 1.82) is 0 Å². The van der Waals surface area contributed by atoms with E-state index >= 15 is 0 Å². The van der Waals surface area contributed by atoms with E-state index in [2.05, 4.69) is 29.1 Å². The second-order valence-electron chi connectivity index (χ2n) is 5.79. The Bertz CT molecular complexity index is 815. The zero-order valence-corrected chi connectivity index (χ0v) is 14.5. The van der Waals surface area contributed by atoms with Crippen LogP contribution in [0.5, 0.6) is 0 Å². The Morgan fingerprint density at radius 3 is 2.65 bits per heavy atom. The molecule has 120 valence electrons. The largest absolute Gasteiger partial charge is 0.369 e. The van der Waals surface area contributed by atoms with Gasteiger partial charge in [0.05, 0.1) is 5.39 Å². The van der Waals surface area contributed by atoms with Gasteiger partial charge in [0.15, 0.2) is 0 Å². The Morgan fingerprint density at radius 1 is 1.22 bits per heavy atom. The highest BCUT2D eigenvalue weighted by Crippen LogP contribution is 2.37. The Hall–Kier alpha value is -1.72. The first-order valence-electron chi connectivity index (χ1n) is 7.49. The predicted octanol–water partition coefficient (Wildman–Crippen LogP) is 5.61. The van der Waals surface area contributed by atoms with Gasteiger partial charge >= 0.3 is 0 Å². The summed E-state index contributed by atoms with van der Waals surface area (Å²) in [6.45, 7) is 5.18. The van der Waals surface area contributed by atoms with Crippen LogP contribution in [-0.4, -0.2) is 16.5 Å². The van der Waals surface area contributed by atoms with E-state index in [9.17, 15) is 4.39 Å². The molecular weight excluding hydrogens is 333 g/mol. The molecule has 0 radical (unpaired) electrons. The summed E-state index contributed by atoms with van der Waals surface area (Å²) >= 11 is 7.55. The molecule has 2 aromatic heterocycles. The predicted molar refractivity (Wildman–Crippen MR) is 95.8 cm³/mol. The van der Waals surface area contributed by atoms with Gasteiger partial charge in [-0.25, -0.2) is 14.4 Å². The van der Waals surface area contributed by atoms with Crippen LogP contribution in [0.1, 0.15) is 20.3 Å². The zero-order chi connectivity index (χ0) is 16.4. The van der Waals surface area contributed by atoms with Crippen molar-refractivity contribution in [2.75, 3.05) is 11.9 Å². The average molecular weight is 350 g/mol. The monoisotopic (exact) mass is 349 g/mol. The van der Waals surface area contributed by atoms with Gasteiger partial charge in [-0.15, -0.1) is 11.3 Å². The summed E-state index contributed by atoms with van der Waals surface area (Å²) in [5.74, 6) is 1.10. The molecule has 0 atom stereocenters. The van der Waals surface area contributed by atoms with Gasteiger partial charge in [-0.1, -0.05) is 26.0 Å². The van der Waals surface area contributed by atoms with Crippen LogP contribution in [-0.2, 0) is 0 Å². The molecule has 1 aromatic carbocycles. The van der Waals surface area contributed by atoms with Gasteiger partial charge in [-0.3, -0.25) is 0 Å². The van der Waals surface area contributed by atoms with Gasteiger partial charge < -0.3 is 5.32 Å². The van der Waals surface area contributed by atoms with E-state index in [0.717, 1.165) is 40.1 Å². The Kier molecular flexibility index (Phi) is 4.78. The number of benzene rings is 1. The molecule has 1 N–H and O–H groups in total. The number of hydrogen-bond acceptors (Lipinski definition) is 4. The standard InChI is InChI=1S/C17H17ClFN3S/c1-10(2)7-8-20-15-14-13(11-3-5-12(19)6-4-11)9-23-16(14)22-17(18)21-15/h3-6,9-10H,7-8H2,1-2H3,(H,20,21,22). The Labute approximate surface area is 143 Å². The maximum atomic E-state index is 13.2. The average Bonchev–Trinajstić information content (AvgIpc) is 2.91. The second-order valence-corrected chi connectivity index (χ2v) is 6.98. The number of nitrogens with one attached hydrogen (secondary N) is 1. The van der Waals surface area contributed by atoms with Crippen molar-refractivity contribution >= 4 is 39.0 Å². The lowest BCUT2D eigenvalue weighted by Gasteiger charge is -2.10. The maximum absolute atomic E-state index is 13.2. The quantitative estimate of drug-likeness (QED) is 0.608. The minimum atomic E-state index is -0.247. The second kappa shape index (κ2) is 6.81. The smallest absolute Gasteiger partial charge is 0.225 e. The Morgan fingerprint density at radius 2 is 1.96 bits per heavy atom. The molecule has 0 fully saturated rings. The fourth-order valence-corrected chi connectivity index (χ4v) is 3.53. The fraction of sp³-hybridized carbons (Fsp3) is 0.294. The number of nitrogens with zero attached hydrogens (tertiary/aromatic N) is 2. The summed E-state index contributed by atoms with van der Waals surface area (Å²) in [6.07, 6.45) is 1.04. The van der Waals surface area contributed by atoms with Crippen LogP contribution >= 0.6 is 22.9 Å². The first-order valence-corrected chi connectivity index (χ1v) is 8.75. The van der Waals surface area contributed by atoms with Crippen molar-refractivity contribution in [2.24, 2.45) is 5.92 Å². The van der Waals surface area contributed by atoms with Crippen LogP contribution in [0.15, 0.2) is 29.6 Å². The molecule has 6 heteroatoms. The van der Waals surface area contributed by atoms with E-state index in [0.29, 0.717) is 5.92 Å². The molecule has 0 bridgehead atoms. The number of rotatable bonds is 5. The molecule has 0 spiro atoms. The normalized spacial score (nSPS) is 11.3. The highest BCUT2D eigenvalue weighted by molar-refractivity contribution is 7.17. The molecular formula is C17H17ClFN3S. The highest BCUT2D eigenvalue weighted by Gasteiger charge is 2.15. The van der Waals surface area contributed by atoms with Crippen LogP contribution in [0.2, 0.25) is 5.28 Å². The maximum Gasteiger partial charge on any atom is 0.225 e. The van der Waals surface area contributed by atoms with Gasteiger partial charge in [-0.2, -0.15) is 0 Å². The fourth-order valence-electron chi connectivity index (χ4n) is 2.36. The van der Waals surface area contributed by atoms with Crippen LogP contribution in [0, 0.1) is 11.7 Å². The molecule has 2 heterocycles. The van der Waals surface area contributed by atoms with E-state index < -0.39 is 0 Å². The minimum Gasteiger partial charge on any atom is -0.369 e. The van der Waals surface area contributed by atoms with Crippen molar-refractivity contribution in [3.63, 3.8) is 0 Å². The van der Waals surface area contributed by atoms with Crippen LogP contribution in [0.25, 0.3) is 21.3 Å². The van der Waals surface area contributed by atoms with E-state index in [1.54, 1.807) is 12.1 Å². The summed E-state index contributed by atoms with van der Waals surface area (Å²) in [5, 5.41) is 6.55. The lowest BCUT2D eigenvalue weighted by atomic mass is 10.1. The molecule has 0 aliphatic heterocycles. The van der Waals surface area contributed by atoms with Gasteiger partial charge in [0.1, 0.15) is 16.5 Å². The van der Waals surface area contributed by atoms with Gasteiger partial charge in [0.2, 0.25) is 5.28 Å². The van der Waals surface area contributed by atoms with Crippen LogP contribution < -0.4 is 5.32 Å². The van der Waals surface area contributed by atoms with Crippen molar-refractivity contribution in [3.05, 3.63) is 40.7 Å². The first-order chi connectivity index (χ1) is 11.0. The first kappa shape index (κ1) is 16.1. The van der Waals surface area contributed by atoms with Crippen molar-refractivity contribution in [2.45, 2.75) is 20.3 Å². The van der Waals surface area contributed by atoms with E-state index in [-0.39, 0.29) is 11.1 Å². The van der Waals surface area contributed by atoms with E-state index in [1.165, 1.54) is 23.5 Å². The zero-order valence-electron chi connectivity index (χ0n) is 12.9. The van der Waals surface area contributed by atoms with Gasteiger partial charge in [0, 0.05) is 17.5 Å². The minimum absolute atomic E-state index is 0.233. The lowest BCUT2D eigenvalue weighted by Crippen LogP contribution is -2.07. The molecule has 0 amide bonds. The van der Waals surface area contributed by atoms with Crippen molar-refractivity contribution in [3.8, 4) is 11.1 Å². The third-order valence-electron chi connectivity index (χ3n) is 3.58. The van der Waals surface area contributed by atoms with Gasteiger partial charge in [0.25, 0.3) is 0 Å². The Balaban J connectivity index is 2.04. The van der Waals surface area contributed by atoms with Crippen LogP contribution in [0.3, 0.4) is 0 Å². The molecule has 3 nitrogen and oxygen atoms in total. The number of hydrogen-bond donors (Lipinski definition) is 1. The summed E-state index contributed by atoms with van der Waals surface area (Å²) in [4.78, 5) is 9.48.